The van der Waals surface area contributed by atoms with Gasteiger partial charge in [-0.15, -0.1) is 0 Å². The van der Waals surface area contributed by atoms with Gasteiger partial charge in [0, 0.05) is 0 Å². The van der Waals surface area contributed by atoms with E-state index in [9.17, 15) is 4.80 Å². The van der Waals surface area contributed by atoms with Crippen LogP contribution in [0.15, 0.2) is 0 Å². The predicted molar refractivity (Wildman–Crippen MR) is 115 cm³/mol. The van der Waals surface area contributed by atoms with Gasteiger partial charge in [0.2, 0.25) is 0 Å². The van der Waals surface area contributed by atoms with Crippen LogP contribution in [-0.4, -0.2) is 29.7 Å². The van der Waals surface area contributed by atoms with Crippen molar-refractivity contribution in [1.82, 2.24) is 0 Å². The molecule has 0 heterocycles. The highest BCUT2D eigenvalue weighted by atomic mass is 28.4. The molecular formula is C18H46O2Si3. The Kier molecular flexibility index (Phi) is 14.4. The molecule has 0 unspecified atom stereocenters. The molecule has 0 aliphatic rings. The first kappa shape index (κ1) is 25.8. The van der Waals surface area contributed by atoms with Gasteiger partial charge in [-0.2, -0.15) is 0 Å². The lowest BCUT2D eigenvalue weighted by molar-refractivity contribution is 0.509. The Morgan fingerprint density at radius 3 is 0.783 bits per heavy atom. The summed E-state index contributed by atoms with van der Waals surface area (Å²) in [7, 11) is -4.38. The van der Waals surface area contributed by atoms with Crippen LogP contribution in [0.4, 0.5) is 0 Å². The summed E-state index contributed by atoms with van der Waals surface area (Å²) in [6.45, 7) is 20.2. The number of hydrogen-bond donors (Lipinski definition) is 1. The minimum Gasteiger partial charge on any atom is -0.455 e. The lowest BCUT2D eigenvalue weighted by Crippen LogP contribution is -2.49. The molecule has 0 radical (unpaired) electrons. The topological polar surface area (TPSA) is 29.5 Å². The van der Waals surface area contributed by atoms with E-state index in [0.29, 0.717) is 0 Å². The molecule has 0 aliphatic heterocycles. The highest BCUT2D eigenvalue weighted by Gasteiger charge is 2.39. The van der Waals surface area contributed by atoms with E-state index in [1.54, 1.807) is 0 Å². The fourth-order valence-electron chi connectivity index (χ4n) is 3.14. The van der Waals surface area contributed by atoms with Crippen LogP contribution in [-0.2, 0) is 4.12 Å². The average molecular weight is 379 g/mol. The zero-order valence-corrected chi connectivity index (χ0v) is 20.7. The van der Waals surface area contributed by atoms with Crippen LogP contribution < -0.4 is 0 Å². The molecule has 142 valence electrons. The minimum atomic E-state index is -1.67. The lowest BCUT2D eigenvalue weighted by atomic mass is 10.9. The van der Waals surface area contributed by atoms with Gasteiger partial charge in [0.15, 0.2) is 25.0 Å². The standard InChI is InChI=1S/C12H30OSi2.C6H16OSi/c1-7-14(8-2,9-3)13-15(10-4,11-5)12-6;1-4-8(7,5-2)6-3/h7-12H2,1-6H3;7H,4-6H2,1-3H3. The van der Waals surface area contributed by atoms with Crippen molar-refractivity contribution in [3.8, 4) is 0 Å². The Morgan fingerprint density at radius 2 is 0.696 bits per heavy atom. The van der Waals surface area contributed by atoms with Gasteiger partial charge in [0.25, 0.3) is 0 Å². The highest BCUT2D eigenvalue weighted by Crippen LogP contribution is 2.31. The molecule has 0 amide bonds. The second-order valence-corrected chi connectivity index (χ2v) is 21.2. The van der Waals surface area contributed by atoms with Crippen LogP contribution in [0.2, 0.25) is 54.4 Å². The van der Waals surface area contributed by atoms with Crippen LogP contribution in [0.3, 0.4) is 0 Å². The second-order valence-electron chi connectivity index (χ2n) is 6.87. The van der Waals surface area contributed by atoms with Crippen molar-refractivity contribution in [3.63, 3.8) is 0 Å². The molecule has 0 aromatic heterocycles. The van der Waals surface area contributed by atoms with Crippen molar-refractivity contribution in [1.29, 1.82) is 0 Å². The van der Waals surface area contributed by atoms with E-state index in [-0.39, 0.29) is 0 Å². The van der Waals surface area contributed by atoms with Crippen LogP contribution in [0.5, 0.6) is 0 Å². The van der Waals surface area contributed by atoms with Gasteiger partial charge in [-0.25, -0.2) is 0 Å². The van der Waals surface area contributed by atoms with Gasteiger partial charge in [0.1, 0.15) is 0 Å². The fourth-order valence-corrected chi connectivity index (χ4v) is 14.8. The van der Waals surface area contributed by atoms with Gasteiger partial charge in [-0.3, -0.25) is 0 Å². The third kappa shape index (κ3) is 8.47. The van der Waals surface area contributed by atoms with Crippen molar-refractivity contribution in [3.05, 3.63) is 0 Å². The highest BCUT2D eigenvalue weighted by molar-refractivity contribution is 6.87. The maximum atomic E-state index is 9.58. The first-order valence-electron chi connectivity index (χ1n) is 10.2. The number of hydrogen-bond acceptors (Lipinski definition) is 2. The van der Waals surface area contributed by atoms with E-state index in [4.69, 9.17) is 4.12 Å². The van der Waals surface area contributed by atoms with E-state index in [2.05, 4.69) is 62.3 Å². The largest absolute Gasteiger partial charge is 0.455 e. The number of rotatable bonds is 11. The summed E-state index contributed by atoms with van der Waals surface area (Å²) >= 11 is 0. The second kappa shape index (κ2) is 12.9. The van der Waals surface area contributed by atoms with Crippen molar-refractivity contribution in [2.75, 3.05) is 0 Å². The zero-order valence-electron chi connectivity index (χ0n) is 17.7. The molecule has 23 heavy (non-hydrogen) atoms. The van der Waals surface area contributed by atoms with Crippen molar-refractivity contribution >= 4 is 25.0 Å². The quantitative estimate of drug-likeness (QED) is 0.392. The molecule has 5 heteroatoms. The molecule has 0 aliphatic carbocycles. The molecule has 2 nitrogen and oxygen atoms in total. The molecule has 0 rings (SSSR count). The Bertz CT molecular complexity index is 231. The van der Waals surface area contributed by atoms with E-state index in [1.165, 1.54) is 36.3 Å². The van der Waals surface area contributed by atoms with Crippen LogP contribution in [0, 0.1) is 0 Å². The summed E-state index contributed by atoms with van der Waals surface area (Å²) in [5.74, 6) is 0. The Labute approximate surface area is 150 Å². The molecule has 0 saturated carbocycles. The van der Waals surface area contributed by atoms with Crippen LogP contribution in [0.1, 0.15) is 62.3 Å². The molecule has 0 fully saturated rings. The minimum absolute atomic E-state index is 1.01. The van der Waals surface area contributed by atoms with Crippen molar-refractivity contribution < 1.29 is 8.91 Å². The SMILES string of the molecule is CC[Si](CC)(CC)O[Si](CC)(CC)CC.CC[Si](O)(CC)CC. The summed E-state index contributed by atoms with van der Waals surface area (Å²) in [6, 6.07) is 10.8. The molecule has 0 bridgehead atoms. The smallest absolute Gasteiger partial charge is 0.187 e. The van der Waals surface area contributed by atoms with Gasteiger partial charge in [0.05, 0.1) is 0 Å². The summed E-state index contributed by atoms with van der Waals surface area (Å²) in [5.41, 5.74) is 0. The molecule has 0 saturated heterocycles. The fraction of sp³-hybridized carbons (Fsp3) is 1.00. The van der Waals surface area contributed by atoms with Crippen molar-refractivity contribution in [2.45, 2.75) is 117 Å². The maximum Gasteiger partial charge on any atom is 0.187 e. The Balaban J connectivity index is 0. The summed E-state index contributed by atoms with van der Waals surface area (Å²) in [6.07, 6.45) is 0. The molecule has 0 aromatic carbocycles. The third-order valence-corrected chi connectivity index (χ3v) is 21.4. The summed E-state index contributed by atoms with van der Waals surface area (Å²) < 4.78 is 6.80. The normalized spacial score (nSPS) is 12.8. The maximum absolute atomic E-state index is 9.58. The van der Waals surface area contributed by atoms with Gasteiger partial charge >= 0.3 is 0 Å². The Morgan fingerprint density at radius 1 is 0.478 bits per heavy atom. The monoisotopic (exact) mass is 378 g/mol. The van der Waals surface area contributed by atoms with Gasteiger partial charge < -0.3 is 8.91 Å². The molecule has 0 aromatic rings. The first-order chi connectivity index (χ1) is 10.8. The molecule has 0 atom stereocenters. The van der Waals surface area contributed by atoms with E-state index in [1.807, 2.05) is 0 Å². The summed E-state index contributed by atoms with van der Waals surface area (Å²) in [5, 5.41) is 0. The van der Waals surface area contributed by atoms with Crippen LogP contribution >= 0.6 is 0 Å². The van der Waals surface area contributed by atoms with Gasteiger partial charge in [-0.05, 0) is 54.4 Å². The molecule has 0 spiro atoms. The predicted octanol–water partition coefficient (Wildman–Crippen LogP) is 7.00. The van der Waals surface area contributed by atoms with E-state index in [0.717, 1.165) is 18.1 Å². The third-order valence-electron chi connectivity index (χ3n) is 6.27. The lowest BCUT2D eigenvalue weighted by Gasteiger charge is -2.40. The van der Waals surface area contributed by atoms with Crippen molar-refractivity contribution in [2.24, 2.45) is 0 Å². The first-order valence-corrected chi connectivity index (χ1v) is 17.8. The van der Waals surface area contributed by atoms with E-state index < -0.39 is 25.0 Å². The zero-order chi connectivity index (χ0) is 18.6. The van der Waals surface area contributed by atoms with Gasteiger partial charge in [-0.1, -0.05) is 62.3 Å². The average Bonchev–Trinajstić information content (AvgIpc) is 2.64. The Hall–Kier alpha value is 0.571. The summed E-state index contributed by atoms with van der Waals surface area (Å²) in [4.78, 5) is 9.58. The molecule has 1 N–H and O–H groups in total. The van der Waals surface area contributed by atoms with E-state index >= 15 is 0 Å². The molecular weight excluding hydrogens is 332 g/mol. The van der Waals surface area contributed by atoms with Crippen LogP contribution in [0.25, 0.3) is 0 Å².